The Hall–Kier alpha value is -3.52. The normalized spacial score (nSPS) is 11.1. The third-order valence-corrected chi connectivity index (χ3v) is 6.67. The summed E-state index contributed by atoms with van der Waals surface area (Å²) in [6.07, 6.45) is 2.68. The summed E-state index contributed by atoms with van der Waals surface area (Å²) in [6, 6.07) is 13.8. The topological polar surface area (TPSA) is 93.7 Å². The molecule has 4 rings (SSSR count). The Labute approximate surface area is 215 Å². The van der Waals surface area contributed by atoms with Crippen molar-refractivity contribution in [2.75, 3.05) is 19.8 Å². The highest BCUT2D eigenvalue weighted by atomic mass is 32.1. The number of nitrogens with zero attached hydrogens (tertiary/aromatic N) is 1. The van der Waals surface area contributed by atoms with Gasteiger partial charge in [-0.05, 0) is 68.3 Å². The van der Waals surface area contributed by atoms with Crippen LogP contribution in [0.1, 0.15) is 42.8 Å². The Kier molecular flexibility index (Phi) is 8.48. The van der Waals surface area contributed by atoms with Crippen molar-refractivity contribution in [3.8, 4) is 28.0 Å². The zero-order valence-corrected chi connectivity index (χ0v) is 21.7. The van der Waals surface area contributed by atoms with Crippen molar-refractivity contribution in [2.24, 2.45) is 0 Å². The van der Waals surface area contributed by atoms with Crippen LogP contribution in [0, 0.1) is 6.92 Å². The number of ether oxygens (including phenoxy) is 3. The summed E-state index contributed by atoms with van der Waals surface area (Å²) in [7, 11) is 0. The van der Waals surface area contributed by atoms with Gasteiger partial charge in [0.05, 0.1) is 31.1 Å². The first-order chi connectivity index (χ1) is 17.5. The van der Waals surface area contributed by atoms with Gasteiger partial charge in [0, 0.05) is 28.6 Å². The third-order valence-electron chi connectivity index (χ3n) is 5.67. The van der Waals surface area contributed by atoms with Crippen LogP contribution in [-0.2, 0) is 17.6 Å². The lowest BCUT2D eigenvalue weighted by Crippen LogP contribution is -2.06. The average Bonchev–Trinajstić information content (AvgIpc) is 3.41. The molecule has 0 aliphatic heterocycles. The van der Waals surface area contributed by atoms with Gasteiger partial charge in [0.25, 0.3) is 0 Å². The molecule has 0 bridgehead atoms. The Morgan fingerprint density at radius 3 is 2.67 bits per heavy atom. The fraction of sp³-hybridized carbons (Fsp3) is 0.357. The number of fused-ring (bicyclic) bond motifs is 1. The standard InChI is InChI=1S/C28H32N2O5S/c1-4-7-19-14-20(28-30-27(33-5-2)18(3)36-28)8-11-25(19)35-13-6-12-34-23-9-10-24-21(16-23)15-22(29-24)17-26(31)32/h8-11,14-16,29H,4-7,12-13,17H2,1-3H3,(H,31,32). The Bertz CT molecular complexity index is 1330. The fourth-order valence-corrected chi connectivity index (χ4v) is 4.90. The van der Waals surface area contributed by atoms with E-state index in [-0.39, 0.29) is 6.42 Å². The van der Waals surface area contributed by atoms with E-state index in [1.165, 1.54) is 5.56 Å². The molecule has 2 N–H and O–H groups in total. The lowest BCUT2D eigenvalue weighted by molar-refractivity contribution is -0.136. The second-order valence-corrected chi connectivity index (χ2v) is 9.75. The maximum Gasteiger partial charge on any atom is 0.309 e. The first-order valence-corrected chi connectivity index (χ1v) is 13.1. The van der Waals surface area contributed by atoms with Crippen LogP contribution in [0.5, 0.6) is 17.4 Å². The van der Waals surface area contributed by atoms with Gasteiger partial charge in [-0.3, -0.25) is 4.79 Å². The van der Waals surface area contributed by atoms with Crippen molar-refractivity contribution in [3.05, 3.63) is 58.6 Å². The molecular weight excluding hydrogens is 476 g/mol. The van der Waals surface area contributed by atoms with Crippen LogP contribution in [0.15, 0.2) is 42.5 Å². The molecule has 0 aliphatic rings. The molecule has 0 aliphatic carbocycles. The zero-order valence-electron chi connectivity index (χ0n) is 20.9. The number of H-pyrrole nitrogens is 1. The number of hydrogen-bond acceptors (Lipinski definition) is 6. The van der Waals surface area contributed by atoms with Gasteiger partial charge in [0.15, 0.2) is 0 Å². The molecular formula is C28H32N2O5S. The summed E-state index contributed by atoms with van der Waals surface area (Å²) in [5, 5.41) is 10.9. The van der Waals surface area contributed by atoms with E-state index in [0.717, 1.165) is 57.1 Å². The van der Waals surface area contributed by atoms with Gasteiger partial charge in [0.1, 0.15) is 16.5 Å². The van der Waals surface area contributed by atoms with Gasteiger partial charge in [-0.1, -0.05) is 13.3 Å². The van der Waals surface area contributed by atoms with E-state index in [0.29, 0.717) is 31.4 Å². The summed E-state index contributed by atoms with van der Waals surface area (Å²) in [6.45, 7) is 7.85. The van der Waals surface area contributed by atoms with E-state index in [1.54, 1.807) is 11.3 Å². The highest BCUT2D eigenvalue weighted by Gasteiger charge is 2.13. The van der Waals surface area contributed by atoms with E-state index in [2.05, 4.69) is 29.0 Å². The molecule has 0 amide bonds. The number of benzene rings is 2. The Morgan fingerprint density at radius 1 is 1.06 bits per heavy atom. The molecule has 0 radical (unpaired) electrons. The maximum absolute atomic E-state index is 10.9. The van der Waals surface area contributed by atoms with Crippen molar-refractivity contribution in [1.82, 2.24) is 9.97 Å². The molecule has 0 saturated heterocycles. The Balaban J connectivity index is 1.32. The number of thiazole rings is 1. The largest absolute Gasteiger partial charge is 0.493 e. The van der Waals surface area contributed by atoms with Crippen molar-refractivity contribution in [1.29, 1.82) is 0 Å². The molecule has 0 saturated carbocycles. The number of nitrogens with one attached hydrogen (secondary N) is 1. The second kappa shape index (κ2) is 11.9. The van der Waals surface area contributed by atoms with Gasteiger partial charge in [-0.25, -0.2) is 4.98 Å². The number of aliphatic carboxylic acids is 1. The highest BCUT2D eigenvalue weighted by Crippen LogP contribution is 2.34. The van der Waals surface area contributed by atoms with Crippen molar-refractivity contribution in [2.45, 2.75) is 46.5 Å². The highest BCUT2D eigenvalue weighted by molar-refractivity contribution is 7.15. The Morgan fingerprint density at radius 2 is 1.89 bits per heavy atom. The molecule has 0 fully saturated rings. The third kappa shape index (κ3) is 6.37. The van der Waals surface area contributed by atoms with Crippen molar-refractivity contribution < 1.29 is 24.1 Å². The van der Waals surface area contributed by atoms with E-state index in [4.69, 9.17) is 19.3 Å². The van der Waals surface area contributed by atoms with Crippen molar-refractivity contribution >= 4 is 28.2 Å². The number of hydrogen-bond donors (Lipinski definition) is 2. The lowest BCUT2D eigenvalue weighted by atomic mass is 10.1. The number of rotatable bonds is 13. The summed E-state index contributed by atoms with van der Waals surface area (Å²) >= 11 is 1.65. The van der Waals surface area contributed by atoms with Gasteiger partial charge in [0.2, 0.25) is 5.88 Å². The van der Waals surface area contributed by atoms with Crippen LogP contribution in [0.4, 0.5) is 0 Å². The smallest absolute Gasteiger partial charge is 0.309 e. The van der Waals surface area contributed by atoms with E-state index in [9.17, 15) is 4.79 Å². The SMILES string of the molecule is CCCc1cc(-c2nc(OCC)c(C)s2)ccc1OCCCOc1ccc2[nH]c(CC(=O)O)cc2c1. The van der Waals surface area contributed by atoms with Crippen LogP contribution in [0.3, 0.4) is 0 Å². The van der Waals surface area contributed by atoms with Gasteiger partial charge >= 0.3 is 5.97 Å². The quantitative estimate of drug-likeness (QED) is 0.202. The van der Waals surface area contributed by atoms with E-state index in [1.807, 2.05) is 44.2 Å². The molecule has 2 aromatic carbocycles. The molecule has 36 heavy (non-hydrogen) atoms. The second-order valence-electron chi connectivity index (χ2n) is 8.55. The fourth-order valence-electron chi connectivity index (χ4n) is 4.04. The summed E-state index contributed by atoms with van der Waals surface area (Å²) in [4.78, 5) is 19.8. The first-order valence-electron chi connectivity index (χ1n) is 12.3. The number of carboxylic acid groups (broad SMARTS) is 1. The van der Waals surface area contributed by atoms with E-state index >= 15 is 0 Å². The number of aryl methyl sites for hydroxylation is 2. The van der Waals surface area contributed by atoms with Gasteiger partial charge in [-0.15, -0.1) is 11.3 Å². The number of carbonyl (C=O) groups is 1. The molecule has 0 spiro atoms. The molecule has 0 unspecified atom stereocenters. The monoisotopic (exact) mass is 508 g/mol. The molecule has 4 aromatic rings. The molecule has 2 aromatic heterocycles. The molecule has 0 atom stereocenters. The maximum atomic E-state index is 10.9. The number of carboxylic acids is 1. The minimum Gasteiger partial charge on any atom is -0.493 e. The minimum atomic E-state index is -0.858. The van der Waals surface area contributed by atoms with Gasteiger partial charge in [-0.2, -0.15) is 0 Å². The average molecular weight is 509 g/mol. The minimum absolute atomic E-state index is 0.0268. The molecule has 7 nitrogen and oxygen atoms in total. The van der Waals surface area contributed by atoms with Crippen LogP contribution in [0.2, 0.25) is 0 Å². The van der Waals surface area contributed by atoms with Crippen LogP contribution in [-0.4, -0.2) is 40.9 Å². The van der Waals surface area contributed by atoms with E-state index < -0.39 is 5.97 Å². The van der Waals surface area contributed by atoms with Gasteiger partial charge < -0.3 is 24.3 Å². The zero-order chi connectivity index (χ0) is 25.5. The lowest BCUT2D eigenvalue weighted by Gasteiger charge is -2.13. The van der Waals surface area contributed by atoms with Crippen LogP contribution < -0.4 is 14.2 Å². The summed E-state index contributed by atoms with van der Waals surface area (Å²) in [5.74, 6) is 1.51. The summed E-state index contributed by atoms with van der Waals surface area (Å²) in [5.41, 5.74) is 3.84. The van der Waals surface area contributed by atoms with Crippen molar-refractivity contribution in [3.63, 3.8) is 0 Å². The summed E-state index contributed by atoms with van der Waals surface area (Å²) < 4.78 is 17.6. The van der Waals surface area contributed by atoms with Crippen LogP contribution >= 0.6 is 11.3 Å². The molecule has 8 heteroatoms. The predicted octanol–water partition coefficient (Wildman–Crippen LogP) is 6.43. The van der Waals surface area contributed by atoms with Crippen LogP contribution in [0.25, 0.3) is 21.5 Å². The predicted molar refractivity (Wildman–Crippen MR) is 143 cm³/mol. The molecule has 190 valence electrons. The first kappa shape index (κ1) is 25.6. The molecule has 2 heterocycles. The number of aromatic nitrogens is 2. The number of aromatic amines is 1.